The molecule has 1 N–H and O–H groups in total. The summed E-state index contributed by atoms with van der Waals surface area (Å²) in [6.07, 6.45) is 0.337. The number of hydrogen-bond donors (Lipinski definition) is 1. The lowest BCUT2D eigenvalue weighted by molar-refractivity contribution is -0.104. The molecular formula is C12H10O5. The van der Waals surface area contributed by atoms with E-state index >= 15 is 0 Å². The molecule has 88 valence electrons. The number of fused-ring (bicyclic) bond motifs is 1. The number of carbonyl (C=O) groups excluding carboxylic acids is 2. The van der Waals surface area contributed by atoms with Gasteiger partial charge in [0.25, 0.3) is 0 Å². The molecule has 0 aromatic heterocycles. The molecule has 1 aromatic rings. The molecule has 2 rings (SSSR count). The van der Waals surface area contributed by atoms with Crippen LogP contribution in [0.2, 0.25) is 0 Å². The Balaban J connectivity index is 2.77. The van der Waals surface area contributed by atoms with Crippen molar-refractivity contribution >= 4 is 17.8 Å². The number of Topliss-reactive ketones (excluding diaryl/α,β-unsaturated/α-hetero) is 1. The standard InChI is InChI=1S/C12H10O5/c1-16-8-4-3-6-9(12(8)17-2)11(15)7(5-13)10(6)14/h3-5,15H,1-2H3. The number of hydrogen-bond acceptors (Lipinski definition) is 5. The van der Waals surface area contributed by atoms with E-state index in [0.29, 0.717) is 12.0 Å². The van der Waals surface area contributed by atoms with E-state index in [1.165, 1.54) is 20.3 Å². The van der Waals surface area contributed by atoms with E-state index < -0.39 is 5.78 Å². The van der Waals surface area contributed by atoms with Crippen LogP contribution in [0.25, 0.3) is 5.76 Å². The zero-order valence-corrected chi connectivity index (χ0v) is 9.31. The first-order chi connectivity index (χ1) is 8.15. The quantitative estimate of drug-likeness (QED) is 0.631. The van der Waals surface area contributed by atoms with Crippen molar-refractivity contribution in [2.75, 3.05) is 14.2 Å². The Kier molecular flexibility index (Phi) is 2.59. The third kappa shape index (κ3) is 1.39. The van der Waals surface area contributed by atoms with E-state index in [0.717, 1.165) is 0 Å². The van der Waals surface area contributed by atoms with Gasteiger partial charge in [-0.15, -0.1) is 0 Å². The van der Waals surface area contributed by atoms with Crippen LogP contribution in [0.5, 0.6) is 11.5 Å². The van der Waals surface area contributed by atoms with Gasteiger partial charge in [0.2, 0.25) is 5.78 Å². The molecule has 1 aliphatic rings. The molecule has 5 heteroatoms. The number of ether oxygens (including phenoxy) is 2. The first-order valence-corrected chi connectivity index (χ1v) is 4.84. The van der Waals surface area contributed by atoms with E-state index in [2.05, 4.69) is 0 Å². The van der Waals surface area contributed by atoms with E-state index in [9.17, 15) is 14.7 Å². The van der Waals surface area contributed by atoms with Crippen molar-refractivity contribution in [3.63, 3.8) is 0 Å². The molecule has 0 saturated carbocycles. The Hall–Kier alpha value is -2.30. The Labute approximate surface area is 97.3 Å². The molecule has 0 atom stereocenters. The second kappa shape index (κ2) is 3.93. The highest BCUT2D eigenvalue weighted by molar-refractivity contribution is 6.30. The average molecular weight is 234 g/mol. The highest BCUT2D eigenvalue weighted by Gasteiger charge is 2.33. The second-order valence-electron chi connectivity index (χ2n) is 3.43. The fraction of sp³-hybridized carbons (Fsp3) is 0.167. The summed E-state index contributed by atoms with van der Waals surface area (Å²) >= 11 is 0. The van der Waals surface area contributed by atoms with E-state index in [1.807, 2.05) is 0 Å². The molecule has 0 heterocycles. The van der Waals surface area contributed by atoms with Crippen LogP contribution in [0.15, 0.2) is 17.7 Å². The number of aliphatic hydroxyl groups excluding tert-OH is 1. The maximum Gasteiger partial charge on any atom is 0.200 e. The Morgan fingerprint density at radius 3 is 2.47 bits per heavy atom. The molecule has 0 unspecified atom stereocenters. The first kappa shape index (κ1) is 11.2. The minimum atomic E-state index is -0.506. The number of aliphatic hydroxyl groups is 1. The number of carbonyl (C=O) groups is 2. The summed E-state index contributed by atoms with van der Waals surface area (Å²) in [6, 6.07) is 3.04. The van der Waals surface area contributed by atoms with Gasteiger partial charge in [-0.1, -0.05) is 0 Å². The minimum absolute atomic E-state index is 0.207. The van der Waals surface area contributed by atoms with Crippen LogP contribution in [0.3, 0.4) is 0 Å². The Morgan fingerprint density at radius 1 is 1.24 bits per heavy atom. The van der Waals surface area contributed by atoms with Crippen LogP contribution in [-0.4, -0.2) is 31.4 Å². The van der Waals surface area contributed by atoms with Gasteiger partial charge in [0, 0.05) is 5.56 Å². The first-order valence-electron chi connectivity index (χ1n) is 4.84. The van der Waals surface area contributed by atoms with Gasteiger partial charge in [0.1, 0.15) is 11.3 Å². The van der Waals surface area contributed by atoms with Crippen LogP contribution in [0.4, 0.5) is 0 Å². The molecule has 0 spiro atoms. The third-order valence-electron chi connectivity index (χ3n) is 2.64. The van der Waals surface area contributed by atoms with Crippen molar-refractivity contribution < 1.29 is 24.2 Å². The largest absolute Gasteiger partial charge is 0.506 e. The predicted octanol–water partition coefficient (Wildman–Crippen LogP) is 1.37. The monoisotopic (exact) mass is 234 g/mol. The van der Waals surface area contributed by atoms with Crippen molar-refractivity contribution in [3.8, 4) is 11.5 Å². The fourth-order valence-electron chi connectivity index (χ4n) is 1.85. The van der Waals surface area contributed by atoms with Crippen LogP contribution in [0, 0.1) is 0 Å². The predicted molar refractivity (Wildman–Crippen MR) is 59.5 cm³/mol. The van der Waals surface area contributed by atoms with E-state index in [-0.39, 0.29) is 28.2 Å². The van der Waals surface area contributed by atoms with Crippen molar-refractivity contribution in [2.45, 2.75) is 0 Å². The molecular weight excluding hydrogens is 224 g/mol. The lowest BCUT2D eigenvalue weighted by Crippen LogP contribution is -2.00. The van der Waals surface area contributed by atoms with Gasteiger partial charge in [-0.2, -0.15) is 0 Å². The SMILES string of the molecule is COc1ccc2c(c1OC)C(O)=C(C=O)C2=O. The van der Waals surface area contributed by atoms with Gasteiger partial charge >= 0.3 is 0 Å². The van der Waals surface area contributed by atoms with Crippen LogP contribution in [0.1, 0.15) is 15.9 Å². The Morgan fingerprint density at radius 2 is 1.94 bits per heavy atom. The summed E-state index contributed by atoms with van der Waals surface area (Å²) < 4.78 is 10.2. The number of ketones is 1. The smallest absolute Gasteiger partial charge is 0.200 e. The van der Waals surface area contributed by atoms with Gasteiger partial charge in [0.05, 0.1) is 19.8 Å². The molecule has 0 bridgehead atoms. The molecule has 0 aliphatic heterocycles. The molecule has 0 saturated heterocycles. The highest BCUT2D eigenvalue weighted by Crippen LogP contribution is 2.42. The number of methoxy groups -OCH3 is 2. The second-order valence-corrected chi connectivity index (χ2v) is 3.43. The summed E-state index contributed by atoms with van der Waals surface area (Å²) in [7, 11) is 2.84. The topological polar surface area (TPSA) is 72.8 Å². The maximum absolute atomic E-state index is 11.8. The van der Waals surface area contributed by atoms with Crippen molar-refractivity contribution in [1.29, 1.82) is 0 Å². The van der Waals surface area contributed by atoms with Crippen molar-refractivity contribution in [3.05, 3.63) is 28.8 Å². The normalized spacial score (nSPS) is 13.6. The third-order valence-corrected chi connectivity index (χ3v) is 2.64. The van der Waals surface area contributed by atoms with Crippen LogP contribution < -0.4 is 9.47 Å². The molecule has 17 heavy (non-hydrogen) atoms. The van der Waals surface area contributed by atoms with Gasteiger partial charge in [0.15, 0.2) is 17.8 Å². The lowest BCUT2D eigenvalue weighted by Gasteiger charge is -2.11. The molecule has 1 aliphatic carbocycles. The molecule has 0 amide bonds. The minimum Gasteiger partial charge on any atom is -0.506 e. The van der Waals surface area contributed by atoms with Gasteiger partial charge < -0.3 is 14.6 Å². The number of allylic oxidation sites excluding steroid dienone is 1. The summed E-state index contributed by atoms with van der Waals surface area (Å²) in [4.78, 5) is 22.5. The lowest BCUT2D eigenvalue weighted by atomic mass is 10.1. The molecule has 0 fully saturated rings. The van der Waals surface area contributed by atoms with Crippen LogP contribution >= 0.6 is 0 Å². The average Bonchev–Trinajstić information content (AvgIpc) is 2.60. The van der Waals surface area contributed by atoms with Gasteiger partial charge in [-0.25, -0.2) is 0 Å². The van der Waals surface area contributed by atoms with E-state index in [1.54, 1.807) is 6.07 Å². The zero-order valence-electron chi connectivity index (χ0n) is 9.31. The summed E-state index contributed by atoms with van der Waals surface area (Å²) in [5.74, 6) is -0.241. The number of benzene rings is 1. The maximum atomic E-state index is 11.8. The van der Waals surface area contributed by atoms with Crippen molar-refractivity contribution in [1.82, 2.24) is 0 Å². The molecule has 5 nitrogen and oxygen atoms in total. The molecule has 0 radical (unpaired) electrons. The van der Waals surface area contributed by atoms with Crippen molar-refractivity contribution in [2.24, 2.45) is 0 Å². The van der Waals surface area contributed by atoms with Crippen LogP contribution in [-0.2, 0) is 4.79 Å². The Bertz CT molecular complexity index is 542. The highest BCUT2D eigenvalue weighted by atomic mass is 16.5. The zero-order chi connectivity index (χ0) is 12.6. The summed E-state index contributed by atoms with van der Waals surface area (Å²) in [5.41, 5.74) is 0.188. The number of aldehydes is 1. The molecule has 1 aromatic carbocycles. The number of rotatable bonds is 3. The fourth-order valence-corrected chi connectivity index (χ4v) is 1.85. The van der Waals surface area contributed by atoms with Gasteiger partial charge in [-0.3, -0.25) is 9.59 Å². The summed E-state index contributed by atoms with van der Waals surface area (Å²) in [6.45, 7) is 0. The summed E-state index contributed by atoms with van der Waals surface area (Å²) in [5, 5.41) is 9.84. The van der Waals surface area contributed by atoms with Gasteiger partial charge in [-0.05, 0) is 12.1 Å². The van der Waals surface area contributed by atoms with E-state index in [4.69, 9.17) is 9.47 Å².